The topological polar surface area (TPSA) is 95.7 Å². The lowest BCUT2D eigenvalue weighted by molar-refractivity contribution is 0.0903. The number of nitrogens with zero attached hydrogens (tertiary/aromatic N) is 6. The molecule has 5 heterocycles. The molecule has 3 aromatic rings. The van der Waals surface area contributed by atoms with Gasteiger partial charge in [-0.3, -0.25) is 4.90 Å². The molecule has 42 heavy (non-hydrogen) atoms. The lowest BCUT2D eigenvalue weighted by atomic mass is 9.93. The van der Waals surface area contributed by atoms with Gasteiger partial charge in [-0.25, -0.2) is 15.0 Å². The minimum Gasteiger partial charge on any atom is -0.382 e. The fourth-order valence-electron chi connectivity index (χ4n) is 6.83. The molecular weight excluding hydrogens is 524 g/mol. The number of nitrogens with one attached hydrogen (secondary N) is 1. The number of fused-ring (bicyclic) bond motifs is 1. The first-order valence-electron chi connectivity index (χ1n) is 16.0. The number of nitrogen functional groups attached to an aromatic ring is 1. The van der Waals surface area contributed by atoms with Crippen molar-refractivity contribution in [2.75, 3.05) is 75.5 Å². The van der Waals surface area contributed by atoms with E-state index in [-0.39, 0.29) is 0 Å². The molecule has 0 radical (unpaired) electrons. The molecule has 0 aliphatic carbocycles. The van der Waals surface area contributed by atoms with Crippen molar-refractivity contribution in [3.63, 3.8) is 0 Å². The summed E-state index contributed by atoms with van der Waals surface area (Å²) in [7, 11) is 2.23. The minimum atomic E-state index is 0.339. The van der Waals surface area contributed by atoms with E-state index in [9.17, 15) is 0 Å². The average molecular weight is 573 g/mol. The number of piperazine rings is 1. The normalized spacial score (nSPS) is 20.1. The molecule has 3 fully saturated rings. The average Bonchev–Trinajstić information content (AvgIpc) is 3.02. The van der Waals surface area contributed by atoms with E-state index < -0.39 is 0 Å². The zero-order valence-electron chi connectivity index (χ0n) is 25.9. The van der Waals surface area contributed by atoms with Crippen LogP contribution in [-0.4, -0.2) is 96.4 Å². The van der Waals surface area contributed by atoms with E-state index in [1.54, 1.807) is 0 Å². The molecule has 0 unspecified atom stereocenters. The van der Waals surface area contributed by atoms with Gasteiger partial charge in [0.05, 0.1) is 5.69 Å². The van der Waals surface area contributed by atoms with Gasteiger partial charge in [-0.05, 0) is 68.3 Å². The Bertz CT molecular complexity index is 1370. The van der Waals surface area contributed by atoms with Crippen LogP contribution in [0.15, 0.2) is 24.4 Å². The second-order valence-electron chi connectivity index (χ2n) is 12.6. The maximum absolute atomic E-state index is 6.37. The lowest BCUT2D eigenvalue weighted by Gasteiger charge is -2.43. The molecule has 0 atom stereocenters. The van der Waals surface area contributed by atoms with E-state index in [4.69, 9.17) is 20.4 Å². The number of nitrogens with two attached hydrogens (primary N) is 1. The van der Waals surface area contributed by atoms with E-state index in [2.05, 4.69) is 71.0 Å². The second-order valence-corrected chi connectivity index (χ2v) is 12.6. The molecule has 3 aliphatic heterocycles. The summed E-state index contributed by atoms with van der Waals surface area (Å²) in [5, 5.41) is 3.67. The molecule has 3 saturated heterocycles. The highest BCUT2D eigenvalue weighted by Gasteiger charge is 2.28. The van der Waals surface area contributed by atoms with Gasteiger partial charge in [0.2, 0.25) is 0 Å². The molecule has 2 aromatic heterocycles. The third-order valence-corrected chi connectivity index (χ3v) is 9.52. The molecule has 0 amide bonds. The smallest absolute Gasteiger partial charge is 0.151 e. The number of benzene rings is 1. The van der Waals surface area contributed by atoms with E-state index >= 15 is 0 Å². The van der Waals surface area contributed by atoms with Crippen LogP contribution in [0.25, 0.3) is 22.2 Å². The standard InChI is InChI=1S/C33H48N8O/c1-5-28-33(36-24-10-18-42-19-11-24)38-30-27(21-35-32(34)31(30)37-28)23-6-7-29(26(20-23)22(2)3)41-12-8-25(9-13-41)40-16-14-39(4)15-17-40/h6-7,20-22,24-25H,5,8-19H2,1-4H3,(H2,34,35)(H,36,38). The summed E-state index contributed by atoms with van der Waals surface area (Å²) < 4.78 is 5.57. The molecule has 1 aromatic carbocycles. The fourth-order valence-corrected chi connectivity index (χ4v) is 6.83. The van der Waals surface area contributed by atoms with Crippen LogP contribution >= 0.6 is 0 Å². The first-order valence-corrected chi connectivity index (χ1v) is 16.0. The Morgan fingerprint density at radius 2 is 1.71 bits per heavy atom. The highest BCUT2D eigenvalue weighted by molar-refractivity contribution is 5.97. The summed E-state index contributed by atoms with van der Waals surface area (Å²) in [6.45, 7) is 15.2. The Kier molecular flexibility index (Phi) is 8.79. The largest absolute Gasteiger partial charge is 0.382 e. The Labute approximate surface area is 250 Å². The Hall–Kier alpha value is -3.01. The van der Waals surface area contributed by atoms with Crippen LogP contribution in [0.5, 0.6) is 0 Å². The van der Waals surface area contributed by atoms with Gasteiger partial charge in [0, 0.05) is 82.0 Å². The fraction of sp³-hybridized carbons (Fsp3) is 0.606. The zero-order valence-corrected chi connectivity index (χ0v) is 25.9. The first kappa shape index (κ1) is 29.1. The lowest BCUT2D eigenvalue weighted by Crippen LogP contribution is -2.52. The van der Waals surface area contributed by atoms with Crippen molar-refractivity contribution in [1.29, 1.82) is 0 Å². The summed E-state index contributed by atoms with van der Waals surface area (Å²) >= 11 is 0. The number of ether oxygens (including phenoxy) is 1. The van der Waals surface area contributed by atoms with Crippen LogP contribution in [0.3, 0.4) is 0 Å². The number of anilines is 3. The van der Waals surface area contributed by atoms with Crippen LogP contribution in [0.2, 0.25) is 0 Å². The van der Waals surface area contributed by atoms with Crippen LogP contribution < -0.4 is 16.0 Å². The molecule has 0 spiro atoms. The van der Waals surface area contributed by atoms with Crippen molar-refractivity contribution in [2.24, 2.45) is 0 Å². The second kappa shape index (κ2) is 12.7. The van der Waals surface area contributed by atoms with Crippen molar-refractivity contribution in [3.8, 4) is 11.1 Å². The molecular formula is C33H48N8O. The maximum Gasteiger partial charge on any atom is 0.151 e. The number of piperidine rings is 1. The first-order chi connectivity index (χ1) is 20.4. The summed E-state index contributed by atoms with van der Waals surface area (Å²) in [6, 6.07) is 7.95. The number of likely N-dealkylation sites (N-methyl/N-ethyl adjacent to an activating group) is 1. The van der Waals surface area contributed by atoms with Gasteiger partial charge >= 0.3 is 0 Å². The number of hydrogen-bond acceptors (Lipinski definition) is 9. The van der Waals surface area contributed by atoms with Gasteiger partial charge in [-0.2, -0.15) is 0 Å². The molecule has 6 rings (SSSR count). The number of aryl methyl sites for hydroxylation is 1. The quantitative estimate of drug-likeness (QED) is 0.415. The van der Waals surface area contributed by atoms with Crippen molar-refractivity contribution < 1.29 is 4.74 Å². The van der Waals surface area contributed by atoms with Crippen LogP contribution in [0.1, 0.15) is 63.6 Å². The third kappa shape index (κ3) is 6.05. The number of pyridine rings is 1. The molecule has 3 N–H and O–H groups in total. The number of aromatic nitrogens is 3. The highest BCUT2D eigenvalue weighted by atomic mass is 16.5. The Morgan fingerprint density at radius 1 is 0.976 bits per heavy atom. The molecule has 0 saturated carbocycles. The van der Waals surface area contributed by atoms with Crippen molar-refractivity contribution in [3.05, 3.63) is 35.7 Å². The van der Waals surface area contributed by atoms with Crippen LogP contribution in [-0.2, 0) is 11.2 Å². The molecule has 9 nitrogen and oxygen atoms in total. The van der Waals surface area contributed by atoms with Gasteiger partial charge in [0.15, 0.2) is 5.82 Å². The number of rotatable bonds is 7. The predicted octanol–water partition coefficient (Wildman–Crippen LogP) is 4.77. The van der Waals surface area contributed by atoms with E-state index in [1.165, 1.54) is 50.3 Å². The van der Waals surface area contributed by atoms with E-state index in [1.807, 2.05) is 6.20 Å². The molecule has 0 bridgehead atoms. The summed E-state index contributed by atoms with van der Waals surface area (Å²) in [4.78, 5) is 22.5. The van der Waals surface area contributed by atoms with Crippen molar-refractivity contribution >= 4 is 28.4 Å². The summed E-state index contributed by atoms with van der Waals surface area (Å²) in [6.07, 6.45) is 7.05. The van der Waals surface area contributed by atoms with Gasteiger partial charge in [0.1, 0.15) is 16.9 Å². The Balaban J connectivity index is 1.29. The summed E-state index contributed by atoms with van der Waals surface area (Å²) in [5.41, 5.74) is 13.6. The Morgan fingerprint density at radius 3 is 2.40 bits per heavy atom. The van der Waals surface area contributed by atoms with Gasteiger partial charge in [0.25, 0.3) is 0 Å². The van der Waals surface area contributed by atoms with Gasteiger partial charge < -0.3 is 25.6 Å². The van der Waals surface area contributed by atoms with Crippen LogP contribution in [0, 0.1) is 0 Å². The van der Waals surface area contributed by atoms with Gasteiger partial charge in [-0.15, -0.1) is 0 Å². The molecule has 3 aliphatic rings. The third-order valence-electron chi connectivity index (χ3n) is 9.52. The van der Waals surface area contributed by atoms with Crippen LogP contribution in [0.4, 0.5) is 17.3 Å². The SMILES string of the molecule is CCc1nc2c(N)ncc(-c3ccc(N4CCC(N5CCN(C)CC5)CC4)c(C(C)C)c3)c2nc1NC1CCOCC1. The predicted molar refractivity (Wildman–Crippen MR) is 172 cm³/mol. The van der Waals surface area contributed by atoms with E-state index in [0.29, 0.717) is 29.3 Å². The molecule has 226 valence electrons. The maximum atomic E-state index is 6.37. The van der Waals surface area contributed by atoms with Crippen molar-refractivity contribution in [2.45, 2.75) is 70.9 Å². The monoisotopic (exact) mass is 572 g/mol. The molecule has 9 heteroatoms. The van der Waals surface area contributed by atoms with E-state index in [0.717, 1.165) is 73.7 Å². The zero-order chi connectivity index (χ0) is 29.2. The number of hydrogen-bond donors (Lipinski definition) is 2. The highest BCUT2D eigenvalue weighted by Crippen LogP contribution is 2.37. The minimum absolute atomic E-state index is 0.339. The summed E-state index contributed by atoms with van der Waals surface area (Å²) in [5.74, 6) is 1.68. The van der Waals surface area contributed by atoms with Crippen molar-refractivity contribution in [1.82, 2.24) is 24.8 Å². The van der Waals surface area contributed by atoms with Gasteiger partial charge in [-0.1, -0.05) is 26.8 Å².